The number of amides is 3. The molecule has 156 valence electrons. The summed E-state index contributed by atoms with van der Waals surface area (Å²) in [7, 11) is 1.60. The van der Waals surface area contributed by atoms with E-state index in [-0.39, 0.29) is 18.0 Å². The van der Waals surface area contributed by atoms with E-state index in [2.05, 4.69) is 10.6 Å². The fourth-order valence-electron chi connectivity index (χ4n) is 3.18. The Balaban J connectivity index is 1.85. The van der Waals surface area contributed by atoms with E-state index in [1.54, 1.807) is 76.3 Å². The molecule has 1 unspecified atom stereocenters. The maximum absolute atomic E-state index is 12.7. The lowest BCUT2D eigenvalue weighted by Gasteiger charge is -2.33. The first-order chi connectivity index (χ1) is 14.3. The molecule has 2 N–H and O–H groups in total. The Kier molecular flexibility index (Phi) is 6.20. The number of hydrogen-bond donors (Lipinski definition) is 2. The van der Waals surface area contributed by atoms with Crippen molar-refractivity contribution in [1.29, 1.82) is 0 Å². The normalized spacial score (nSPS) is 16.4. The Morgan fingerprint density at radius 3 is 2.30 bits per heavy atom. The molecule has 0 radical (unpaired) electrons. The second-order valence-corrected chi connectivity index (χ2v) is 7.34. The van der Waals surface area contributed by atoms with Gasteiger partial charge in [0, 0.05) is 24.0 Å². The molecular formula is C23H25N3O4. The van der Waals surface area contributed by atoms with Crippen LogP contribution in [-0.4, -0.2) is 36.0 Å². The molecule has 7 nitrogen and oxygen atoms in total. The molecule has 7 heteroatoms. The zero-order valence-electron chi connectivity index (χ0n) is 17.4. The zero-order valence-corrected chi connectivity index (χ0v) is 17.4. The predicted molar refractivity (Wildman–Crippen MR) is 114 cm³/mol. The largest absolute Gasteiger partial charge is 0.459 e. The Morgan fingerprint density at radius 1 is 1.07 bits per heavy atom. The van der Waals surface area contributed by atoms with E-state index in [9.17, 15) is 14.4 Å². The van der Waals surface area contributed by atoms with Gasteiger partial charge in [0.15, 0.2) is 0 Å². The van der Waals surface area contributed by atoms with Crippen LogP contribution in [-0.2, 0) is 9.53 Å². The van der Waals surface area contributed by atoms with Crippen LogP contribution in [0.25, 0.3) is 0 Å². The van der Waals surface area contributed by atoms with Gasteiger partial charge in [-0.05, 0) is 50.6 Å². The second-order valence-electron chi connectivity index (χ2n) is 7.34. The SMILES string of the molecule is CC1=C(C(=O)OC(C)C)C(c2ccc(NC(=O)c3ccccc3)cc2)NC(=O)N1C. The van der Waals surface area contributed by atoms with E-state index in [1.807, 2.05) is 6.07 Å². The third-order valence-corrected chi connectivity index (χ3v) is 4.85. The monoisotopic (exact) mass is 407 g/mol. The minimum atomic E-state index is -0.640. The van der Waals surface area contributed by atoms with Gasteiger partial charge >= 0.3 is 12.0 Å². The number of nitrogens with zero attached hydrogens (tertiary/aromatic N) is 1. The summed E-state index contributed by atoms with van der Waals surface area (Å²) in [4.78, 5) is 38.7. The Hall–Kier alpha value is -3.61. The summed E-state index contributed by atoms with van der Waals surface area (Å²) >= 11 is 0. The van der Waals surface area contributed by atoms with Gasteiger partial charge in [0.1, 0.15) is 0 Å². The zero-order chi connectivity index (χ0) is 21.8. The van der Waals surface area contributed by atoms with Crippen LogP contribution in [0.2, 0.25) is 0 Å². The molecule has 0 saturated heterocycles. The second kappa shape index (κ2) is 8.82. The average molecular weight is 407 g/mol. The first-order valence-electron chi connectivity index (χ1n) is 9.70. The number of nitrogens with one attached hydrogen (secondary N) is 2. The molecule has 30 heavy (non-hydrogen) atoms. The standard InChI is InChI=1S/C23H25N3O4/c1-14(2)30-22(28)19-15(3)26(4)23(29)25-20(19)16-10-12-18(13-11-16)24-21(27)17-8-6-5-7-9-17/h5-14,20H,1-4H3,(H,24,27)(H,25,29). The summed E-state index contributed by atoms with van der Waals surface area (Å²) < 4.78 is 5.39. The highest BCUT2D eigenvalue weighted by Crippen LogP contribution is 2.31. The van der Waals surface area contributed by atoms with E-state index >= 15 is 0 Å². The fraction of sp³-hybridized carbons (Fsp3) is 0.261. The Labute approximate surface area is 175 Å². The van der Waals surface area contributed by atoms with Gasteiger partial charge in [-0.25, -0.2) is 9.59 Å². The smallest absolute Gasteiger partial charge is 0.338 e. The number of carbonyl (C=O) groups excluding carboxylic acids is 3. The minimum Gasteiger partial charge on any atom is -0.459 e. The van der Waals surface area contributed by atoms with E-state index in [0.717, 1.165) is 0 Å². The van der Waals surface area contributed by atoms with Gasteiger partial charge in [-0.3, -0.25) is 4.79 Å². The highest BCUT2D eigenvalue weighted by atomic mass is 16.5. The van der Waals surface area contributed by atoms with Crippen molar-refractivity contribution in [2.24, 2.45) is 0 Å². The van der Waals surface area contributed by atoms with Crippen molar-refractivity contribution >= 4 is 23.6 Å². The average Bonchev–Trinajstić information content (AvgIpc) is 2.72. The van der Waals surface area contributed by atoms with Gasteiger partial charge in [0.2, 0.25) is 0 Å². The van der Waals surface area contributed by atoms with Crippen LogP contribution < -0.4 is 10.6 Å². The Morgan fingerprint density at radius 2 is 1.70 bits per heavy atom. The summed E-state index contributed by atoms with van der Waals surface area (Å²) in [5, 5.41) is 5.68. The van der Waals surface area contributed by atoms with Crippen molar-refractivity contribution in [2.45, 2.75) is 32.9 Å². The summed E-state index contributed by atoms with van der Waals surface area (Å²) in [6.45, 7) is 5.27. The van der Waals surface area contributed by atoms with Crippen LogP contribution in [0.1, 0.15) is 42.7 Å². The molecule has 0 bridgehead atoms. The molecule has 0 aliphatic carbocycles. The van der Waals surface area contributed by atoms with Crippen molar-refractivity contribution in [3.63, 3.8) is 0 Å². The van der Waals surface area contributed by atoms with Crippen molar-refractivity contribution in [3.8, 4) is 0 Å². The topological polar surface area (TPSA) is 87.7 Å². The summed E-state index contributed by atoms with van der Waals surface area (Å²) in [5.74, 6) is -0.686. The number of carbonyl (C=O) groups is 3. The lowest BCUT2D eigenvalue weighted by atomic mass is 9.95. The van der Waals surface area contributed by atoms with Crippen LogP contribution in [0.4, 0.5) is 10.5 Å². The maximum atomic E-state index is 12.7. The van der Waals surface area contributed by atoms with Crippen LogP contribution >= 0.6 is 0 Å². The van der Waals surface area contributed by atoms with Gasteiger partial charge in [-0.2, -0.15) is 0 Å². The summed E-state index contributed by atoms with van der Waals surface area (Å²) in [5.41, 5.74) is 2.80. The summed E-state index contributed by atoms with van der Waals surface area (Å²) in [6, 6.07) is 15.0. The molecule has 1 heterocycles. The third-order valence-electron chi connectivity index (χ3n) is 4.85. The number of benzene rings is 2. The quantitative estimate of drug-likeness (QED) is 0.737. The van der Waals surface area contributed by atoms with Crippen molar-refractivity contribution in [2.75, 3.05) is 12.4 Å². The molecule has 3 rings (SSSR count). The first-order valence-corrected chi connectivity index (χ1v) is 9.70. The molecule has 3 amide bonds. The number of esters is 1. The molecule has 1 aliphatic heterocycles. The fourth-order valence-corrected chi connectivity index (χ4v) is 3.18. The third kappa shape index (κ3) is 4.51. The molecule has 1 aliphatic rings. The molecule has 1 atom stereocenters. The molecule has 0 saturated carbocycles. The number of hydrogen-bond acceptors (Lipinski definition) is 4. The number of ether oxygens (including phenoxy) is 1. The van der Waals surface area contributed by atoms with Gasteiger partial charge in [-0.1, -0.05) is 30.3 Å². The van der Waals surface area contributed by atoms with Gasteiger partial charge in [0.25, 0.3) is 5.91 Å². The Bertz CT molecular complexity index is 981. The van der Waals surface area contributed by atoms with Crippen LogP contribution in [0.3, 0.4) is 0 Å². The van der Waals surface area contributed by atoms with Gasteiger partial charge in [-0.15, -0.1) is 0 Å². The van der Waals surface area contributed by atoms with Crippen LogP contribution in [0.15, 0.2) is 65.9 Å². The molecular weight excluding hydrogens is 382 g/mol. The first kappa shape index (κ1) is 21.1. The molecule has 0 spiro atoms. The lowest BCUT2D eigenvalue weighted by molar-refractivity contribution is -0.143. The number of urea groups is 1. The number of rotatable bonds is 5. The van der Waals surface area contributed by atoms with E-state index in [4.69, 9.17) is 4.74 Å². The van der Waals surface area contributed by atoms with Gasteiger partial charge < -0.3 is 20.3 Å². The van der Waals surface area contributed by atoms with Crippen LogP contribution in [0.5, 0.6) is 0 Å². The molecule has 2 aromatic rings. The number of anilines is 1. The van der Waals surface area contributed by atoms with E-state index in [1.165, 1.54) is 4.90 Å². The minimum absolute atomic E-state index is 0.215. The van der Waals surface area contributed by atoms with E-state index < -0.39 is 12.0 Å². The molecule has 2 aromatic carbocycles. The maximum Gasteiger partial charge on any atom is 0.338 e. The molecule has 0 fully saturated rings. The molecule has 0 aromatic heterocycles. The van der Waals surface area contributed by atoms with Crippen molar-refractivity contribution in [3.05, 3.63) is 77.0 Å². The van der Waals surface area contributed by atoms with Gasteiger partial charge in [0.05, 0.1) is 17.7 Å². The highest BCUT2D eigenvalue weighted by molar-refractivity contribution is 6.04. The van der Waals surface area contributed by atoms with Crippen molar-refractivity contribution in [1.82, 2.24) is 10.2 Å². The van der Waals surface area contributed by atoms with E-state index in [0.29, 0.717) is 28.1 Å². The number of allylic oxidation sites excluding steroid dienone is 1. The predicted octanol–water partition coefficient (Wildman–Crippen LogP) is 3.86. The summed E-state index contributed by atoms with van der Waals surface area (Å²) in [6.07, 6.45) is -0.281. The van der Waals surface area contributed by atoms with Crippen molar-refractivity contribution < 1.29 is 19.1 Å². The highest BCUT2D eigenvalue weighted by Gasteiger charge is 2.35. The van der Waals surface area contributed by atoms with Crippen LogP contribution in [0, 0.1) is 0 Å². The lowest BCUT2D eigenvalue weighted by Crippen LogP contribution is -2.46.